The van der Waals surface area contributed by atoms with Gasteiger partial charge in [0, 0.05) is 0 Å². The molecule has 4 heteroatoms. The van der Waals surface area contributed by atoms with E-state index in [4.69, 9.17) is 0 Å². The predicted octanol–water partition coefficient (Wildman–Crippen LogP) is 2.83. The molecule has 3 rings (SSSR count). The van der Waals surface area contributed by atoms with E-state index in [1.165, 1.54) is 16.7 Å². The molecular weight excluding hydrogens is 268 g/mol. The Bertz CT molecular complexity index is 607. The molecule has 2 N–H and O–H groups in total. The molecule has 2 bridgehead atoms. The molecule has 0 saturated heterocycles. The zero-order chi connectivity index (χ0) is 15.3. The molecule has 0 unspecified atom stereocenters. The van der Waals surface area contributed by atoms with Gasteiger partial charge >= 0.3 is 11.9 Å². The molecule has 2 fully saturated rings. The first kappa shape index (κ1) is 14.1. The minimum absolute atomic E-state index is 0.00138. The average Bonchev–Trinajstić information content (AvgIpc) is 2.98. The van der Waals surface area contributed by atoms with E-state index < -0.39 is 23.8 Å². The minimum atomic E-state index is -0.954. The van der Waals surface area contributed by atoms with Crippen molar-refractivity contribution in [3.8, 4) is 0 Å². The standard InChI is InChI=1S/C17H20O4/c1-8-3-4-9(2)11(5-8)12-6-10-7-13(12)15(17(20)21)14(10)16(18)19/h3-5,10,12-15H,6-7H2,1-2H3,(H,18,19)(H,20,21)/t10-,12-,13+,14+,15-/m0/s1. The van der Waals surface area contributed by atoms with Gasteiger partial charge in [-0.1, -0.05) is 23.8 Å². The zero-order valence-electron chi connectivity index (χ0n) is 12.2. The number of aryl methyl sites for hydroxylation is 2. The van der Waals surface area contributed by atoms with Crippen LogP contribution in [0.1, 0.15) is 35.4 Å². The number of fused-ring (bicyclic) bond motifs is 2. The Balaban J connectivity index is 1.97. The lowest BCUT2D eigenvalue weighted by atomic mass is 9.71. The number of hydrogen-bond donors (Lipinski definition) is 2. The van der Waals surface area contributed by atoms with Gasteiger partial charge in [-0.25, -0.2) is 0 Å². The molecule has 0 aliphatic heterocycles. The second-order valence-corrected chi connectivity index (χ2v) is 6.59. The van der Waals surface area contributed by atoms with Crippen molar-refractivity contribution in [2.24, 2.45) is 23.7 Å². The summed E-state index contributed by atoms with van der Waals surface area (Å²) in [5, 5.41) is 18.8. The summed E-state index contributed by atoms with van der Waals surface area (Å²) in [4.78, 5) is 23.0. The quantitative estimate of drug-likeness (QED) is 0.897. The fraction of sp³-hybridized carbons (Fsp3) is 0.529. The average molecular weight is 288 g/mol. The van der Waals surface area contributed by atoms with E-state index in [0.29, 0.717) is 0 Å². The van der Waals surface area contributed by atoms with E-state index in [9.17, 15) is 19.8 Å². The molecule has 4 nitrogen and oxygen atoms in total. The topological polar surface area (TPSA) is 74.6 Å². The summed E-state index contributed by atoms with van der Waals surface area (Å²) >= 11 is 0. The van der Waals surface area contributed by atoms with Gasteiger partial charge in [-0.05, 0) is 55.6 Å². The van der Waals surface area contributed by atoms with Crippen molar-refractivity contribution >= 4 is 11.9 Å². The van der Waals surface area contributed by atoms with Gasteiger partial charge in [-0.3, -0.25) is 9.59 Å². The molecule has 0 aromatic heterocycles. The molecule has 0 amide bonds. The van der Waals surface area contributed by atoms with Crippen LogP contribution in [-0.4, -0.2) is 22.2 Å². The van der Waals surface area contributed by atoms with E-state index in [-0.39, 0.29) is 17.8 Å². The SMILES string of the molecule is Cc1ccc(C)c([C@@H]2C[C@H]3C[C@H]2[C@H](C(=O)O)[C@@H]3C(=O)O)c1. The van der Waals surface area contributed by atoms with Crippen LogP contribution in [0.15, 0.2) is 18.2 Å². The lowest BCUT2D eigenvalue weighted by molar-refractivity contribution is -0.156. The van der Waals surface area contributed by atoms with Crippen LogP contribution in [-0.2, 0) is 9.59 Å². The second-order valence-electron chi connectivity index (χ2n) is 6.59. The number of benzene rings is 1. The van der Waals surface area contributed by atoms with Gasteiger partial charge in [0.05, 0.1) is 11.8 Å². The summed E-state index contributed by atoms with van der Waals surface area (Å²) in [6.45, 7) is 4.08. The van der Waals surface area contributed by atoms with Gasteiger partial charge in [0.2, 0.25) is 0 Å². The van der Waals surface area contributed by atoms with Crippen molar-refractivity contribution in [2.45, 2.75) is 32.6 Å². The van der Waals surface area contributed by atoms with Crippen molar-refractivity contribution < 1.29 is 19.8 Å². The monoisotopic (exact) mass is 288 g/mol. The first-order valence-corrected chi connectivity index (χ1v) is 7.43. The minimum Gasteiger partial charge on any atom is -0.481 e. The third kappa shape index (κ3) is 2.13. The summed E-state index contributed by atoms with van der Waals surface area (Å²) < 4.78 is 0. The number of carbonyl (C=O) groups is 2. The van der Waals surface area contributed by atoms with E-state index in [2.05, 4.69) is 18.2 Å². The van der Waals surface area contributed by atoms with Crippen molar-refractivity contribution in [3.63, 3.8) is 0 Å². The van der Waals surface area contributed by atoms with Gasteiger partial charge in [0.15, 0.2) is 0 Å². The third-order valence-corrected chi connectivity index (χ3v) is 5.41. The third-order valence-electron chi connectivity index (χ3n) is 5.41. The number of hydrogen-bond acceptors (Lipinski definition) is 2. The summed E-state index contributed by atoms with van der Waals surface area (Å²) in [7, 11) is 0. The molecule has 5 atom stereocenters. The smallest absolute Gasteiger partial charge is 0.307 e. The zero-order valence-corrected chi connectivity index (χ0v) is 12.2. The number of aliphatic carboxylic acids is 2. The van der Waals surface area contributed by atoms with Crippen LogP contribution in [0.5, 0.6) is 0 Å². The van der Waals surface area contributed by atoms with Crippen molar-refractivity contribution in [3.05, 3.63) is 34.9 Å². The molecule has 1 aromatic carbocycles. The fourth-order valence-corrected chi connectivity index (χ4v) is 4.57. The Hall–Kier alpha value is -1.84. The van der Waals surface area contributed by atoms with Crippen molar-refractivity contribution in [1.29, 1.82) is 0 Å². The Morgan fingerprint density at radius 1 is 1.05 bits per heavy atom. The van der Waals surface area contributed by atoms with Crippen molar-refractivity contribution in [1.82, 2.24) is 0 Å². The highest BCUT2D eigenvalue weighted by atomic mass is 16.4. The molecule has 0 radical (unpaired) electrons. The number of rotatable bonds is 3. The van der Waals surface area contributed by atoms with Crippen LogP contribution < -0.4 is 0 Å². The maximum Gasteiger partial charge on any atom is 0.307 e. The highest BCUT2D eigenvalue weighted by molar-refractivity contribution is 5.82. The van der Waals surface area contributed by atoms with Gasteiger partial charge in [-0.2, -0.15) is 0 Å². The maximum absolute atomic E-state index is 11.6. The Morgan fingerprint density at radius 2 is 1.71 bits per heavy atom. The van der Waals surface area contributed by atoms with Gasteiger partial charge in [0.1, 0.15) is 0 Å². The molecule has 1 aromatic rings. The molecule has 2 aliphatic carbocycles. The normalized spacial score (nSPS) is 34.1. The summed E-state index contributed by atoms with van der Waals surface area (Å²) in [6, 6.07) is 6.26. The first-order valence-electron chi connectivity index (χ1n) is 7.43. The van der Waals surface area contributed by atoms with Gasteiger partial charge < -0.3 is 10.2 Å². The van der Waals surface area contributed by atoms with E-state index in [1.54, 1.807) is 0 Å². The lowest BCUT2D eigenvalue weighted by Gasteiger charge is -2.32. The van der Waals surface area contributed by atoms with Crippen LogP contribution in [0.3, 0.4) is 0 Å². The molecule has 0 spiro atoms. The first-order chi connectivity index (χ1) is 9.90. The van der Waals surface area contributed by atoms with Crippen LogP contribution >= 0.6 is 0 Å². The Morgan fingerprint density at radius 3 is 2.33 bits per heavy atom. The molecule has 21 heavy (non-hydrogen) atoms. The molecule has 2 saturated carbocycles. The van der Waals surface area contributed by atoms with E-state index in [1.807, 2.05) is 13.8 Å². The van der Waals surface area contributed by atoms with Crippen LogP contribution in [0.4, 0.5) is 0 Å². The predicted molar refractivity (Wildman–Crippen MR) is 77.1 cm³/mol. The van der Waals surface area contributed by atoms with Crippen LogP contribution in [0.25, 0.3) is 0 Å². The van der Waals surface area contributed by atoms with Crippen LogP contribution in [0, 0.1) is 37.5 Å². The van der Waals surface area contributed by atoms with Gasteiger partial charge in [0.25, 0.3) is 0 Å². The number of carboxylic acid groups (broad SMARTS) is 2. The van der Waals surface area contributed by atoms with Crippen LogP contribution in [0.2, 0.25) is 0 Å². The molecule has 0 heterocycles. The summed E-state index contributed by atoms with van der Waals surface area (Å²) in [5.74, 6) is -3.22. The Labute approximate surface area is 123 Å². The van der Waals surface area contributed by atoms with E-state index >= 15 is 0 Å². The summed E-state index contributed by atoms with van der Waals surface area (Å²) in [6.07, 6.45) is 1.53. The van der Waals surface area contributed by atoms with E-state index in [0.717, 1.165) is 12.8 Å². The maximum atomic E-state index is 11.6. The Kier molecular flexibility index (Phi) is 3.27. The summed E-state index contributed by atoms with van der Waals surface area (Å²) in [5.41, 5.74) is 3.55. The van der Waals surface area contributed by atoms with Crippen molar-refractivity contribution in [2.75, 3.05) is 0 Å². The molecular formula is C17H20O4. The second kappa shape index (κ2) is 4.86. The highest BCUT2D eigenvalue weighted by Gasteiger charge is 2.58. The molecule has 112 valence electrons. The fourth-order valence-electron chi connectivity index (χ4n) is 4.57. The number of carboxylic acids is 2. The highest BCUT2D eigenvalue weighted by Crippen LogP contribution is 2.59. The van der Waals surface area contributed by atoms with Gasteiger partial charge in [-0.15, -0.1) is 0 Å². The molecule has 2 aliphatic rings. The lowest BCUT2D eigenvalue weighted by Crippen LogP contribution is -2.37. The largest absolute Gasteiger partial charge is 0.481 e.